The van der Waals surface area contributed by atoms with Crippen LogP contribution < -0.4 is 10.6 Å². The van der Waals surface area contributed by atoms with Crippen LogP contribution in [0.15, 0.2) is 36.7 Å². The van der Waals surface area contributed by atoms with Crippen molar-refractivity contribution in [2.45, 2.75) is 25.8 Å². The van der Waals surface area contributed by atoms with Gasteiger partial charge in [0.1, 0.15) is 5.82 Å². The summed E-state index contributed by atoms with van der Waals surface area (Å²) >= 11 is 6.41. The van der Waals surface area contributed by atoms with Crippen LogP contribution in [-0.4, -0.2) is 39.2 Å². The normalized spacial score (nSPS) is 15.2. The number of amides is 1. The van der Waals surface area contributed by atoms with Crippen LogP contribution in [0.25, 0.3) is 0 Å². The molecule has 0 unspecified atom stereocenters. The molecule has 8 heteroatoms. The van der Waals surface area contributed by atoms with E-state index in [0.717, 1.165) is 54.0 Å². The molecule has 0 spiro atoms. The summed E-state index contributed by atoms with van der Waals surface area (Å²) in [6.45, 7) is 1.67. The van der Waals surface area contributed by atoms with Gasteiger partial charge in [-0.3, -0.25) is 9.48 Å². The lowest BCUT2D eigenvalue weighted by atomic mass is 9.97. The third-order valence-corrected chi connectivity index (χ3v) is 5.87. The Kier molecular flexibility index (Phi) is 4.39. The van der Waals surface area contributed by atoms with E-state index in [1.165, 1.54) is 5.69 Å². The number of aryl methyl sites for hydroxylation is 1. The largest absolute Gasteiger partial charge is 0.354 e. The van der Waals surface area contributed by atoms with Crippen molar-refractivity contribution in [3.63, 3.8) is 0 Å². The van der Waals surface area contributed by atoms with Gasteiger partial charge < -0.3 is 15.5 Å². The van der Waals surface area contributed by atoms with Gasteiger partial charge in [0, 0.05) is 37.5 Å². The van der Waals surface area contributed by atoms with E-state index in [0.29, 0.717) is 17.4 Å². The number of hydrogen-bond donors (Lipinski definition) is 2. The van der Waals surface area contributed by atoms with Crippen molar-refractivity contribution in [2.24, 2.45) is 0 Å². The Hall–Kier alpha value is -3.06. The van der Waals surface area contributed by atoms with Gasteiger partial charge in [-0.25, -0.2) is 4.98 Å². The summed E-state index contributed by atoms with van der Waals surface area (Å²) < 4.78 is 2.03. The summed E-state index contributed by atoms with van der Waals surface area (Å²) in [5.74, 6) is 0.744. The lowest BCUT2D eigenvalue weighted by Crippen LogP contribution is -2.34. The van der Waals surface area contributed by atoms with Crippen molar-refractivity contribution in [3.05, 3.63) is 58.5 Å². The Morgan fingerprint density at radius 1 is 1.07 bits per heavy atom. The van der Waals surface area contributed by atoms with E-state index in [1.807, 2.05) is 42.2 Å². The first kappa shape index (κ1) is 18.0. The van der Waals surface area contributed by atoms with Crippen LogP contribution in [0.1, 0.15) is 28.0 Å². The molecule has 0 atom stereocenters. The highest BCUT2D eigenvalue weighted by Gasteiger charge is 2.24. The van der Waals surface area contributed by atoms with E-state index in [4.69, 9.17) is 11.6 Å². The van der Waals surface area contributed by atoms with Crippen LogP contribution in [0, 0.1) is 0 Å². The average molecular weight is 409 g/mol. The molecule has 2 aromatic heterocycles. The molecule has 7 nitrogen and oxygen atoms in total. The first-order valence-electron chi connectivity index (χ1n) is 9.72. The number of aromatic nitrogens is 3. The Morgan fingerprint density at radius 2 is 1.97 bits per heavy atom. The molecule has 2 N–H and O–H groups in total. The minimum Gasteiger partial charge on any atom is -0.354 e. The van der Waals surface area contributed by atoms with Gasteiger partial charge in [-0.15, -0.1) is 0 Å². The maximum absolute atomic E-state index is 12.5. The van der Waals surface area contributed by atoms with Gasteiger partial charge in [-0.05, 0) is 37.0 Å². The lowest BCUT2D eigenvalue weighted by Gasteiger charge is -2.26. The first-order valence-corrected chi connectivity index (χ1v) is 10.1. The molecule has 5 rings (SSSR count). The van der Waals surface area contributed by atoms with Gasteiger partial charge in [0.2, 0.25) is 0 Å². The zero-order valence-electron chi connectivity index (χ0n) is 16.1. The first-order chi connectivity index (χ1) is 14.1. The number of carbonyl (C=O) groups is 1. The number of fused-ring (bicyclic) bond motifs is 2. The van der Waals surface area contributed by atoms with Crippen molar-refractivity contribution >= 4 is 40.4 Å². The third kappa shape index (κ3) is 3.21. The molecule has 4 heterocycles. The fraction of sp³-hybridized carbons (Fsp3) is 0.286. The number of anilines is 4. The van der Waals surface area contributed by atoms with Crippen molar-refractivity contribution in [2.75, 3.05) is 24.2 Å². The molecule has 0 saturated heterocycles. The Morgan fingerprint density at radius 3 is 2.86 bits per heavy atom. The molecule has 2 aliphatic rings. The monoisotopic (exact) mass is 408 g/mol. The SMILES string of the molecule is CN1CCc2c(Nc3cc(Nc4cnn5c4CCC5)ncc3Cl)cccc2C1=O. The number of halogens is 1. The van der Waals surface area contributed by atoms with E-state index >= 15 is 0 Å². The lowest BCUT2D eigenvalue weighted by molar-refractivity contribution is 0.0781. The highest BCUT2D eigenvalue weighted by Crippen LogP contribution is 2.33. The molecule has 0 radical (unpaired) electrons. The second-order valence-corrected chi connectivity index (χ2v) is 7.85. The van der Waals surface area contributed by atoms with Gasteiger partial charge in [0.15, 0.2) is 0 Å². The highest BCUT2D eigenvalue weighted by molar-refractivity contribution is 6.33. The fourth-order valence-electron chi connectivity index (χ4n) is 4.01. The van der Waals surface area contributed by atoms with E-state index in [9.17, 15) is 4.79 Å². The molecular weight excluding hydrogens is 388 g/mol. The summed E-state index contributed by atoms with van der Waals surface area (Å²) in [6, 6.07) is 7.63. The number of nitrogens with one attached hydrogen (secondary N) is 2. The maximum Gasteiger partial charge on any atom is 0.253 e. The van der Waals surface area contributed by atoms with Crippen LogP contribution in [-0.2, 0) is 19.4 Å². The van der Waals surface area contributed by atoms with Crippen LogP contribution in [0.5, 0.6) is 0 Å². The van der Waals surface area contributed by atoms with E-state index in [2.05, 4.69) is 20.7 Å². The van der Waals surface area contributed by atoms with Crippen molar-refractivity contribution in [1.29, 1.82) is 0 Å². The van der Waals surface area contributed by atoms with Crippen LogP contribution >= 0.6 is 11.6 Å². The Balaban J connectivity index is 1.44. The number of carbonyl (C=O) groups excluding carboxylic acids is 1. The predicted octanol–water partition coefficient (Wildman–Crippen LogP) is 3.99. The predicted molar refractivity (Wildman–Crippen MR) is 113 cm³/mol. The van der Waals surface area contributed by atoms with Crippen molar-refractivity contribution < 1.29 is 4.79 Å². The van der Waals surface area contributed by atoms with Gasteiger partial charge in [0.05, 0.1) is 34.5 Å². The molecule has 2 aliphatic heterocycles. The molecule has 0 aliphatic carbocycles. The summed E-state index contributed by atoms with van der Waals surface area (Å²) in [4.78, 5) is 18.6. The van der Waals surface area contributed by atoms with Gasteiger partial charge >= 0.3 is 0 Å². The average Bonchev–Trinajstić information content (AvgIpc) is 3.33. The fourth-order valence-corrected chi connectivity index (χ4v) is 4.16. The Bertz CT molecular complexity index is 1110. The summed E-state index contributed by atoms with van der Waals surface area (Å²) in [7, 11) is 1.83. The minimum absolute atomic E-state index is 0.0492. The summed E-state index contributed by atoms with van der Waals surface area (Å²) in [5.41, 5.74) is 5.59. The minimum atomic E-state index is 0.0492. The van der Waals surface area contributed by atoms with E-state index in [-0.39, 0.29) is 5.91 Å². The van der Waals surface area contributed by atoms with Crippen LogP contribution in [0.4, 0.5) is 22.9 Å². The third-order valence-electron chi connectivity index (χ3n) is 5.57. The molecule has 0 saturated carbocycles. The smallest absolute Gasteiger partial charge is 0.253 e. The van der Waals surface area contributed by atoms with Gasteiger partial charge in [-0.1, -0.05) is 17.7 Å². The quantitative estimate of drug-likeness (QED) is 0.682. The molecule has 1 aromatic carbocycles. The molecule has 1 amide bonds. The highest BCUT2D eigenvalue weighted by atomic mass is 35.5. The summed E-state index contributed by atoms with van der Waals surface area (Å²) in [5, 5.41) is 11.7. The van der Waals surface area contributed by atoms with E-state index < -0.39 is 0 Å². The number of nitrogens with zero attached hydrogens (tertiary/aromatic N) is 4. The van der Waals surface area contributed by atoms with Crippen LogP contribution in [0.2, 0.25) is 5.02 Å². The second-order valence-electron chi connectivity index (χ2n) is 7.44. The molecule has 0 fully saturated rings. The van der Waals surface area contributed by atoms with Crippen LogP contribution in [0.3, 0.4) is 0 Å². The topological polar surface area (TPSA) is 75.1 Å². The number of benzene rings is 1. The zero-order valence-corrected chi connectivity index (χ0v) is 16.8. The second kappa shape index (κ2) is 7.08. The van der Waals surface area contributed by atoms with Gasteiger partial charge in [0.25, 0.3) is 5.91 Å². The Labute approximate surface area is 173 Å². The maximum atomic E-state index is 12.5. The standard InChI is InChI=1S/C21H21ClN6O/c1-27-9-7-13-14(21(27)29)4-2-5-16(13)25-17-10-20(23-11-15(17)22)26-18-12-24-28-8-3-6-19(18)28/h2,4-5,10-12H,3,6-9H2,1H3,(H2,23,25,26). The summed E-state index contributed by atoms with van der Waals surface area (Å²) in [6.07, 6.45) is 6.40. The molecule has 29 heavy (non-hydrogen) atoms. The molecule has 3 aromatic rings. The number of likely N-dealkylation sites (N-methyl/N-ethyl adjacent to an activating group) is 1. The molecular formula is C21H21ClN6O. The zero-order chi connectivity index (χ0) is 20.0. The van der Waals surface area contributed by atoms with E-state index in [1.54, 1.807) is 11.1 Å². The van der Waals surface area contributed by atoms with Crippen molar-refractivity contribution in [3.8, 4) is 0 Å². The number of pyridine rings is 1. The number of rotatable bonds is 4. The number of hydrogen-bond acceptors (Lipinski definition) is 5. The van der Waals surface area contributed by atoms with Gasteiger partial charge in [-0.2, -0.15) is 5.10 Å². The van der Waals surface area contributed by atoms with Crippen molar-refractivity contribution in [1.82, 2.24) is 19.7 Å². The molecule has 148 valence electrons. The molecule has 0 bridgehead atoms.